The first-order valence-electron chi connectivity index (χ1n) is 10.4. The Morgan fingerprint density at radius 3 is 2.43 bits per heavy atom. The average molecular weight is 384 g/mol. The van der Waals surface area contributed by atoms with E-state index in [9.17, 15) is 4.79 Å². The molecule has 1 amide bonds. The van der Waals surface area contributed by atoms with Gasteiger partial charge >= 0.3 is 0 Å². The zero-order valence-corrected chi connectivity index (χ0v) is 17.9. The molecule has 5 nitrogen and oxygen atoms in total. The number of carbonyl (C=O) groups excluding carboxylic acids is 1. The van der Waals surface area contributed by atoms with Crippen LogP contribution in [0.25, 0.3) is 11.5 Å². The number of likely N-dealkylation sites (tertiary alicyclic amines) is 1. The summed E-state index contributed by atoms with van der Waals surface area (Å²) in [5, 5.41) is 3.03. The number of nitrogens with one attached hydrogen (secondary N) is 1. The zero-order valence-electron chi connectivity index (χ0n) is 17.9. The van der Waals surface area contributed by atoms with Gasteiger partial charge in [0.25, 0.3) is 0 Å². The summed E-state index contributed by atoms with van der Waals surface area (Å²) in [5.41, 5.74) is 5.76. The number of amides is 1. The van der Waals surface area contributed by atoms with Gasteiger partial charge in [-0.1, -0.05) is 24.6 Å². The Balaban J connectivity index is 1.65. The number of piperidine rings is 1. The van der Waals surface area contributed by atoms with Crippen LogP contribution in [-0.2, 0) is 11.3 Å². The normalized spacial score (nSPS) is 15.8. The molecule has 0 bridgehead atoms. The fourth-order valence-corrected chi connectivity index (χ4v) is 4.16. The van der Waals surface area contributed by atoms with Crippen LogP contribution in [0.3, 0.4) is 0 Å². The summed E-state index contributed by atoms with van der Waals surface area (Å²) in [6.45, 7) is 13.8. The van der Waals surface area contributed by atoms with Crippen molar-refractivity contribution >= 4 is 5.91 Å². The minimum absolute atomic E-state index is 0.148. The smallest absolute Gasteiger partial charge is 0.227 e. The number of aryl methyl sites for hydroxylation is 4. The van der Waals surface area contributed by atoms with Gasteiger partial charge in [-0.15, -0.1) is 0 Å². The third-order valence-corrected chi connectivity index (χ3v) is 5.66. The molecule has 0 spiro atoms. The van der Waals surface area contributed by atoms with Crippen molar-refractivity contribution in [2.45, 2.75) is 60.4 Å². The van der Waals surface area contributed by atoms with Gasteiger partial charge in [-0.3, -0.25) is 9.69 Å². The van der Waals surface area contributed by atoms with E-state index in [-0.39, 0.29) is 11.8 Å². The van der Waals surface area contributed by atoms with E-state index in [0.29, 0.717) is 0 Å². The molecule has 1 aliphatic heterocycles. The van der Waals surface area contributed by atoms with Gasteiger partial charge in [-0.05, 0) is 71.2 Å². The zero-order chi connectivity index (χ0) is 20.3. The number of nitrogens with zero attached hydrogens (tertiary/aromatic N) is 2. The molecule has 2 heterocycles. The quantitative estimate of drug-likeness (QED) is 0.807. The topological polar surface area (TPSA) is 58.4 Å². The highest BCUT2D eigenvalue weighted by molar-refractivity contribution is 5.78. The molecule has 0 radical (unpaired) electrons. The molecule has 1 saturated heterocycles. The summed E-state index contributed by atoms with van der Waals surface area (Å²) < 4.78 is 6.05. The van der Waals surface area contributed by atoms with Gasteiger partial charge in [0.15, 0.2) is 0 Å². The standard InChI is InChI=1S/C23H33N3O2/c1-6-9-24-22(27)19-7-10-26(11-8-19)14-20-18(5)28-23(25-20)21-16(3)12-15(2)13-17(21)4/h12-13,19H,6-11,14H2,1-5H3,(H,24,27). The van der Waals surface area contributed by atoms with Crippen LogP contribution in [0.2, 0.25) is 0 Å². The van der Waals surface area contributed by atoms with Gasteiger partial charge in [0, 0.05) is 24.6 Å². The molecular weight excluding hydrogens is 350 g/mol. The van der Waals surface area contributed by atoms with Gasteiger partial charge in [-0.2, -0.15) is 0 Å². The van der Waals surface area contributed by atoms with Gasteiger partial charge in [0.2, 0.25) is 11.8 Å². The van der Waals surface area contributed by atoms with Gasteiger partial charge < -0.3 is 9.73 Å². The Kier molecular flexibility index (Phi) is 6.55. The summed E-state index contributed by atoms with van der Waals surface area (Å²) in [7, 11) is 0. The maximum atomic E-state index is 12.2. The molecule has 5 heteroatoms. The highest BCUT2D eigenvalue weighted by Crippen LogP contribution is 2.30. The van der Waals surface area contributed by atoms with Crippen LogP contribution in [-0.4, -0.2) is 35.4 Å². The predicted molar refractivity (Wildman–Crippen MR) is 112 cm³/mol. The number of rotatable bonds is 6. The van der Waals surface area contributed by atoms with Crippen molar-refractivity contribution < 1.29 is 9.21 Å². The molecule has 152 valence electrons. The molecule has 0 unspecified atom stereocenters. The van der Waals surface area contributed by atoms with Crippen LogP contribution >= 0.6 is 0 Å². The van der Waals surface area contributed by atoms with Crippen molar-refractivity contribution in [2.75, 3.05) is 19.6 Å². The summed E-state index contributed by atoms with van der Waals surface area (Å²) >= 11 is 0. The fourth-order valence-electron chi connectivity index (χ4n) is 4.16. The summed E-state index contributed by atoms with van der Waals surface area (Å²) in [6.07, 6.45) is 2.81. The summed E-state index contributed by atoms with van der Waals surface area (Å²) in [6, 6.07) is 4.35. The molecule has 1 aromatic carbocycles. The minimum atomic E-state index is 0.148. The first kappa shape index (κ1) is 20.6. The second kappa shape index (κ2) is 8.91. The van der Waals surface area contributed by atoms with Gasteiger partial charge in [-0.25, -0.2) is 4.98 Å². The molecule has 0 saturated carbocycles. The lowest BCUT2D eigenvalue weighted by molar-refractivity contribution is -0.126. The molecule has 1 fully saturated rings. The fraction of sp³-hybridized carbons (Fsp3) is 0.565. The molecule has 3 rings (SSSR count). The van der Waals surface area contributed by atoms with Crippen molar-refractivity contribution in [3.05, 3.63) is 40.3 Å². The molecule has 28 heavy (non-hydrogen) atoms. The Hall–Kier alpha value is -2.14. The van der Waals surface area contributed by atoms with Crippen LogP contribution in [0, 0.1) is 33.6 Å². The number of benzene rings is 1. The first-order valence-corrected chi connectivity index (χ1v) is 10.4. The van der Waals surface area contributed by atoms with E-state index in [2.05, 4.69) is 50.0 Å². The number of aromatic nitrogens is 1. The van der Waals surface area contributed by atoms with Gasteiger partial charge in [0.1, 0.15) is 5.76 Å². The third kappa shape index (κ3) is 4.64. The molecule has 0 atom stereocenters. The maximum Gasteiger partial charge on any atom is 0.227 e. The third-order valence-electron chi connectivity index (χ3n) is 5.66. The Morgan fingerprint density at radius 1 is 1.18 bits per heavy atom. The highest BCUT2D eigenvalue weighted by Gasteiger charge is 2.26. The largest absolute Gasteiger partial charge is 0.441 e. The van der Waals surface area contributed by atoms with Crippen LogP contribution in [0.5, 0.6) is 0 Å². The van der Waals surface area contributed by atoms with Crippen LogP contribution in [0.4, 0.5) is 0 Å². The lowest BCUT2D eigenvalue weighted by Crippen LogP contribution is -2.40. The second-order valence-electron chi connectivity index (χ2n) is 8.14. The van der Waals surface area contributed by atoms with Crippen molar-refractivity contribution in [1.29, 1.82) is 0 Å². The lowest BCUT2D eigenvalue weighted by atomic mass is 9.95. The predicted octanol–water partition coefficient (Wildman–Crippen LogP) is 4.31. The van der Waals surface area contributed by atoms with Crippen LogP contribution in [0.1, 0.15) is 54.3 Å². The molecule has 1 aromatic heterocycles. The molecular formula is C23H33N3O2. The van der Waals surface area contributed by atoms with E-state index >= 15 is 0 Å². The number of hydrogen-bond acceptors (Lipinski definition) is 4. The van der Waals surface area contributed by atoms with E-state index in [1.165, 1.54) is 16.7 Å². The van der Waals surface area contributed by atoms with Crippen molar-refractivity contribution in [3.8, 4) is 11.5 Å². The average Bonchev–Trinajstić information content (AvgIpc) is 2.99. The van der Waals surface area contributed by atoms with Crippen molar-refractivity contribution in [3.63, 3.8) is 0 Å². The Morgan fingerprint density at radius 2 is 1.82 bits per heavy atom. The number of oxazole rings is 1. The van der Waals surface area contributed by atoms with E-state index in [0.717, 1.165) is 68.3 Å². The first-order chi connectivity index (χ1) is 13.4. The molecule has 2 aromatic rings. The minimum Gasteiger partial charge on any atom is -0.441 e. The van der Waals surface area contributed by atoms with Crippen LogP contribution in [0.15, 0.2) is 16.5 Å². The number of carbonyl (C=O) groups is 1. The second-order valence-corrected chi connectivity index (χ2v) is 8.14. The van der Waals surface area contributed by atoms with E-state index < -0.39 is 0 Å². The molecule has 1 N–H and O–H groups in total. The van der Waals surface area contributed by atoms with Crippen molar-refractivity contribution in [1.82, 2.24) is 15.2 Å². The van der Waals surface area contributed by atoms with E-state index in [4.69, 9.17) is 9.40 Å². The van der Waals surface area contributed by atoms with E-state index in [1.807, 2.05) is 6.92 Å². The summed E-state index contributed by atoms with van der Waals surface area (Å²) in [4.78, 5) is 19.4. The van der Waals surface area contributed by atoms with Crippen LogP contribution < -0.4 is 5.32 Å². The number of hydrogen-bond donors (Lipinski definition) is 1. The SMILES string of the molecule is CCCNC(=O)C1CCN(Cc2nc(-c3c(C)cc(C)cc3C)oc2C)CC1. The Bertz CT molecular complexity index is 809. The monoisotopic (exact) mass is 383 g/mol. The lowest BCUT2D eigenvalue weighted by Gasteiger charge is -2.30. The maximum absolute atomic E-state index is 12.2. The van der Waals surface area contributed by atoms with Crippen molar-refractivity contribution in [2.24, 2.45) is 5.92 Å². The highest BCUT2D eigenvalue weighted by atomic mass is 16.4. The summed E-state index contributed by atoms with van der Waals surface area (Å²) in [5.74, 6) is 1.97. The van der Waals surface area contributed by atoms with Gasteiger partial charge in [0.05, 0.1) is 5.69 Å². The molecule has 1 aliphatic rings. The van der Waals surface area contributed by atoms with E-state index in [1.54, 1.807) is 0 Å². The molecule has 0 aliphatic carbocycles. The Labute approximate surface area is 168 Å².